The van der Waals surface area contributed by atoms with E-state index in [1.165, 1.54) is 12.1 Å². The summed E-state index contributed by atoms with van der Waals surface area (Å²) < 4.78 is 19.0. The van der Waals surface area contributed by atoms with Crippen LogP contribution in [0.15, 0.2) is 22.7 Å². The molecule has 2 N–H and O–H groups in total. The monoisotopic (exact) mass is 303 g/mol. The fourth-order valence-electron chi connectivity index (χ4n) is 1.76. The number of nitrogens with two attached hydrogens (primary N) is 1. The molecule has 0 aliphatic rings. The molecule has 0 saturated carbocycles. The first kappa shape index (κ1) is 14.6. The Hall–Kier alpha value is -0.450. The highest BCUT2D eigenvalue weighted by atomic mass is 79.9. The second-order valence-corrected chi connectivity index (χ2v) is 5.72. The highest BCUT2D eigenvalue weighted by molar-refractivity contribution is 9.10. The van der Waals surface area contributed by atoms with Crippen LogP contribution in [0.4, 0.5) is 4.39 Å². The molecule has 96 valence electrons. The molecule has 0 heterocycles. The van der Waals surface area contributed by atoms with E-state index in [9.17, 15) is 4.39 Å². The minimum absolute atomic E-state index is 0.00767. The summed E-state index contributed by atoms with van der Waals surface area (Å²) in [6.45, 7) is 4.01. The molecule has 1 atom stereocenters. The average molecular weight is 304 g/mol. The first-order valence-corrected chi connectivity index (χ1v) is 6.38. The van der Waals surface area contributed by atoms with Gasteiger partial charge in [0.25, 0.3) is 0 Å². The van der Waals surface area contributed by atoms with Crippen molar-refractivity contribution in [2.24, 2.45) is 5.73 Å². The third kappa shape index (κ3) is 4.74. The Balaban J connectivity index is 2.65. The van der Waals surface area contributed by atoms with Crippen molar-refractivity contribution >= 4 is 15.9 Å². The number of methoxy groups -OCH3 is 1. The molecule has 1 aromatic carbocycles. The molecule has 0 spiro atoms. The van der Waals surface area contributed by atoms with Gasteiger partial charge in [0.2, 0.25) is 0 Å². The molecular weight excluding hydrogens is 285 g/mol. The molecule has 0 aliphatic carbocycles. The van der Waals surface area contributed by atoms with Gasteiger partial charge in [-0.15, -0.1) is 0 Å². The predicted octanol–water partition coefficient (Wildman–Crippen LogP) is 3.27. The number of halogens is 2. The zero-order chi connectivity index (χ0) is 13.1. The lowest BCUT2D eigenvalue weighted by molar-refractivity contribution is 0.0102. The van der Waals surface area contributed by atoms with Gasteiger partial charge in [-0.25, -0.2) is 4.39 Å². The third-order valence-corrected chi connectivity index (χ3v) is 3.54. The number of rotatable bonds is 5. The minimum atomic E-state index is -0.244. The maximum atomic E-state index is 12.9. The van der Waals surface area contributed by atoms with E-state index in [2.05, 4.69) is 15.9 Å². The van der Waals surface area contributed by atoms with Crippen LogP contribution in [0.2, 0.25) is 0 Å². The highest BCUT2D eigenvalue weighted by Gasteiger charge is 2.21. The predicted molar refractivity (Wildman–Crippen MR) is 71.5 cm³/mol. The van der Waals surface area contributed by atoms with Gasteiger partial charge in [-0.2, -0.15) is 0 Å². The molecule has 0 saturated heterocycles. The van der Waals surface area contributed by atoms with Gasteiger partial charge >= 0.3 is 0 Å². The molecule has 0 aromatic heterocycles. The third-order valence-electron chi connectivity index (χ3n) is 2.80. The van der Waals surface area contributed by atoms with Crippen molar-refractivity contribution in [2.75, 3.05) is 7.11 Å². The van der Waals surface area contributed by atoms with Crippen LogP contribution in [0.3, 0.4) is 0 Å². The number of hydrogen-bond acceptors (Lipinski definition) is 2. The Morgan fingerprint density at radius 1 is 1.47 bits per heavy atom. The van der Waals surface area contributed by atoms with Crippen LogP contribution >= 0.6 is 15.9 Å². The van der Waals surface area contributed by atoms with Gasteiger partial charge in [-0.3, -0.25) is 0 Å². The summed E-state index contributed by atoms with van der Waals surface area (Å²) in [6, 6.07) is 4.67. The van der Waals surface area contributed by atoms with Gasteiger partial charge in [0.1, 0.15) is 5.82 Å². The van der Waals surface area contributed by atoms with Crippen molar-refractivity contribution in [3.05, 3.63) is 34.1 Å². The number of ether oxygens (including phenoxy) is 1. The summed E-state index contributed by atoms with van der Waals surface area (Å²) in [7, 11) is 1.68. The van der Waals surface area contributed by atoms with Crippen molar-refractivity contribution in [3.63, 3.8) is 0 Å². The van der Waals surface area contributed by atoms with Crippen molar-refractivity contribution in [1.29, 1.82) is 0 Å². The summed E-state index contributed by atoms with van der Waals surface area (Å²) >= 11 is 3.35. The summed E-state index contributed by atoms with van der Waals surface area (Å²) in [5, 5.41) is 0. The van der Waals surface area contributed by atoms with E-state index in [0.29, 0.717) is 6.42 Å². The van der Waals surface area contributed by atoms with Gasteiger partial charge < -0.3 is 10.5 Å². The second kappa shape index (κ2) is 5.94. The molecule has 0 aliphatic heterocycles. The first-order valence-electron chi connectivity index (χ1n) is 5.59. The fraction of sp³-hybridized carbons (Fsp3) is 0.538. The van der Waals surface area contributed by atoms with Crippen LogP contribution in [0.25, 0.3) is 0 Å². The van der Waals surface area contributed by atoms with Gasteiger partial charge in [0.05, 0.1) is 5.60 Å². The van der Waals surface area contributed by atoms with Gasteiger partial charge in [0.15, 0.2) is 0 Å². The van der Waals surface area contributed by atoms with Crippen LogP contribution in [0, 0.1) is 5.82 Å². The summed E-state index contributed by atoms with van der Waals surface area (Å²) in [6.07, 6.45) is 1.46. The van der Waals surface area contributed by atoms with E-state index in [1.54, 1.807) is 13.2 Å². The topological polar surface area (TPSA) is 35.2 Å². The van der Waals surface area contributed by atoms with E-state index < -0.39 is 0 Å². The fourth-order valence-corrected chi connectivity index (χ4v) is 2.27. The van der Waals surface area contributed by atoms with Crippen LogP contribution in [-0.4, -0.2) is 18.8 Å². The second-order valence-electron chi connectivity index (χ2n) is 4.87. The lowest BCUT2D eigenvalue weighted by Crippen LogP contribution is -2.35. The van der Waals surface area contributed by atoms with Crippen molar-refractivity contribution in [3.8, 4) is 0 Å². The van der Waals surface area contributed by atoms with Crippen LogP contribution < -0.4 is 5.73 Å². The Morgan fingerprint density at radius 3 is 2.65 bits per heavy atom. The largest absolute Gasteiger partial charge is 0.379 e. The average Bonchev–Trinajstić information content (AvgIpc) is 2.21. The van der Waals surface area contributed by atoms with Crippen LogP contribution in [-0.2, 0) is 11.2 Å². The highest BCUT2D eigenvalue weighted by Crippen LogP contribution is 2.22. The molecule has 0 radical (unpaired) electrons. The minimum Gasteiger partial charge on any atom is -0.379 e. The Labute approximate surface area is 110 Å². The molecule has 17 heavy (non-hydrogen) atoms. The van der Waals surface area contributed by atoms with E-state index in [1.807, 2.05) is 13.8 Å². The van der Waals surface area contributed by atoms with Crippen molar-refractivity contribution in [1.82, 2.24) is 0 Å². The maximum Gasteiger partial charge on any atom is 0.124 e. The molecule has 4 heteroatoms. The molecule has 1 aromatic rings. The zero-order valence-electron chi connectivity index (χ0n) is 10.5. The normalized spacial score (nSPS) is 13.8. The van der Waals surface area contributed by atoms with E-state index in [0.717, 1.165) is 16.5 Å². The van der Waals surface area contributed by atoms with Gasteiger partial charge in [-0.05, 0) is 44.4 Å². The number of benzene rings is 1. The smallest absolute Gasteiger partial charge is 0.124 e. The quantitative estimate of drug-likeness (QED) is 0.906. The molecule has 0 amide bonds. The summed E-state index contributed by atoms with van der Waals surface area (Å²) in [5.74, 6) is -0.244. The van der Waals surface area contributed by atoms with E-state index >= 15 is 0 Å². The molecule has 1 rings (SSSR count). The van der Waals surface area contributed by atoms with Crippen molar-refractivity contribution in [2.45, 2.75) is 38.3 Å². The lowest BCUT2D eigenvalue weighted by atomic mass is 9.95. The standard InChI is InChI=1S/C13H19BrFNO/c1-13(2,17-3)8-11(16)6-9-4-5-10(15)7-12(9)14/h4-5,7,11H,6,8,16H2,1-3H3. The lowest BCUT2D eigenvalue weighted by Gasteiger charge is -2.26. The van der Waals surface area contributed by atoms with E-state index in [-0.39, 0.29) is 17.5 Å². The Morgan fingerprint density at radius 2 is 2.12 bits per heavy atom. The van der Waals surface area contributed by atoms with Gasteiger partial charge in [0, 0.05) is 17.6 Å². The van der Waals surface area contributed by atoms with E-state index in [4.69, 9.17) is 10.5 Å². The SMILES string of the molecule is COC(C)(C)CC(N)Cc1ccc(F)cc1Br. The van der Waals surface area contributed by atoms with Crippen LogP contribution in [0.5, 0.6) is 0 Å². The number of hydrogen-bond donors (Lipinski definition) is 1. The summed E-state index contributed by atoms with van der Waals surface area (Å²) in [5.41, 5.74) is 6.87. The Bertz CT molecular complexity index is 382. The maximum absolute atomic E-state index is 12.9. The Kier molecular flexibility index (Phi) is 5.10. The summed E-state index contributed by atoms with van der Waals surface area (Å²) in [4.78, 5) is 0. The molecule has 2 nitrogen and oxygen atoms in total. The van der Waals surface area contributed by atoms with Crippen LogP contribution in [0.1, 0.15) is 25.8 Å². The molecule has 0 bridgehead atoms. The molecule has 1 unspecified atom stereocenters. The van der Waals surface area contributed by atoms with Crippen molar-refractivity contribution < 1.29 is 9.13 Å². The molecule has 0 fully saturated rings. The molecular formula is C13H19BrFNO. The zero-order valence-corrected chi connectivity index (χ0v) is 12.1. The van der Waals surface area contributed by atoms with Gasteiger partial charge in [-0.1, -0.05) is 22.0 Å². The first-order chi connectivity index (χ1) is 7.84.